The highest BCUT2D eigenvalue weighted by Gasteiger charge is 2.34. The number of hydrogen-bond acceptors (Lipinski definition) is 3. The second kappa shape index (κ2) is 8.49. The second-order valence-electron chi connectivity index (χ2n) is 4.16. The van der Waals surface area contributed by atoms with Gasteiger partial charge in [0.05, 0.1) is 5.56 Å². The second-order valence-corrected chi connectivity index (χ2v) is 6.94. The van der Waals surface area contributed by atoms with Crippen LogP contribution in [0, 0.1) is 0 Å². The molecule has 1 rings (SSSR count). The summed E-state index contributed by atoms with van der Waals surface area (Å²) in [5.41, 5.74) is 0.406. The number of anilines is 1. The van der Waals surface area contributed by atoms with Crippen LogP contribution in [-0.4, -0.2) is 38.7 Å². The Morgan fingerprint density at radius 2 is 1.96 bits per heavy atom. The molecular weight excluding hydrogens is 392 g/mol. The van der Waals surface area contributed by atoms with Gasteiger partial charge in [-0.15, -0.1) is 0 Å². The normalized spacial score (nSPS) is 12.2. The van der Waals surface area contributed by atoms with Gasteiger partial charge < -0.3 is 21.1 Å². The number of aromatic carboxylic acids is 1. The van der Waals surface area contributed by atoms with Gasteiger partial charge in [-0.3, -0.25) is 4.79 Å². The van der Waals surface area contributed by atoms with Crippen molar-refractivity contribution in [3.8, 4) is 0 Å². The molecule has 11 heteroatoms. The number of benzene rings is 1. The van der Waals surface area contributed by atoms with E-state index in [0.29, 0.717) is 5.69 Å². The largest absolute Gasteiger partial charge is 0.478 e. The molecule has 0 saturated heterocycles. The van der Waals surface area contributed by atoms with Crippen molar-refractivity contribution in [2.24, 2.45) is 0 Å². The van der Waals surface area contributed by atoms with E-state index in [4.69, 9.17) is 52.1 Å². The number of rotatable bonds is 5. The van der Waals surface area contributed by atoms with Gasteiger partial charge in [0.2, 0.25) is 3.79 Å². The summed E-state index contributed by atoms with van der Waals surface area (Å²) in [4.78, 5) is 22.0. The number of halogens is 4. The van der Waals surface area contributed by atoms with Crippen LogP contribution in [-0.2, 0) is 4.79 Å². The Labute approximate surface area is 151 Å². The van der Waals surface area contributed by atoms with E-state index in [0.717, 1.165) is 0 Å². The maximum atomic E-state index is 12.3. The van der Waals surface area contributed by atoms with Crippen LogP contribution >= 0.6 is 47.0 Å². The molecule has 0 aromatic heterocycles. The lowest BCUT2D eigenvalue weighted by Crippen LogP contribution is -2.56. The number of carboxylic acid groups (broad SMARTS) is 1. The maximum absolute atomic E-state index is 12.3. The highest BCUT2D eigenvalue weighted by Crippen LogP contribution is 2.29. The highest BCUT2D eigenvalue weighted by atomic mass is 35.6. The van der Waals surface area contributed by atoms with E-state index in [1.54, 1.807) is 6.07 Å². The lowest BCUT2D eigenvalue weighted by atomic mass is 10.2. The molecule has 0 fully saturated rings. The van der Waals surface area contributed by atoms with Crippen LogP contribution in [0.4, 0.5) is 10.1 Å². The zero-order valence-electron chi connectivity index (χ0n) is 11.3. The van der Waals surface area contributed by atoms with Crippen LogP contribution in [0.25, 0.3) is 0 Å². The lowest BCUT2D eigenvalue weighted by Gasteiger charge is -2.27. The van der Waals surface area contributed by atoms with Crippen molar-refractivity contribution >= 4 is 69.7 Å². The van der Waals surface area contributed by atoms with Gasteiger partial charge in [-0.2, -0.15) is 0 Å². The summed E-state index contributed by atoms with van der Waals surface area (Å²) in [5, 5.41) is 16.1. The molecule has 0 heterocycles. The van der Waals surface area contributed by atoms with Gasteiger partial charge in [0.15, 0.2) is 11.8 Å². The van der Waals surface area contributed by atoms with Gasteiger partial charge in [0, 0.05) is 5.69 Å². The zero-order valence-corrected chi connectivity index (χ0v) is 14.4. The van der Waals surface area contributed by atoms with Crippen molar-refractivity contribution in [1.29, 1.82) is 0 Å². The predicted octanol–water partition coefficient (Wildman–Crippen LogP) is 2.45. The number of hydrogen-bond donors (Lipinski definition) is 4. The van der Waals surface area contributed by atoms with Crippen molar-refractivity contribution < 1.29 is 19.1 Å². The molecule has 1 amide bonds. The van der Waals surface area contributed by atoms with Crippen molar-refractivity contribution in [3.63, 3.8) is 0 Å². The fraction of sp³-hybridized carbons (Fsp3) is 0.250. The molecule has 1 aromatic carbocycles. The Morgan fingerprint density at radius 3 is 2.48 bits per heavy atom. The Morgan fingerprint density at radius 1 is 1.30 bits per heavy atom. The van der Waals surface area contributed by atoms with E-state index in [1.165, 1.54) is 18.2 Å². The van der Waals surface area contributed by atoms with Crippen LogP contribution in [0.5, 0.6) is 0 Å². The zero-order chi connectivity index (χ0) is 17.6. The summed E-state index contributed by atoms with van der Waals surface area (Å²) >= 11 is 22.0. The minimum absolute atomic E-state index is 0.0430. The minimum Gasteiger partial charge on any atom is -0.478 e. The molecule has 0 aliphatic heterocycles. The number of carboxylic acids is 1. The summed E-state index contributed by atoms with van der Waals surface area (Å²) in [6.07, 6.45) is -1.29. The SMILES string of the molecule is O=C(CF)N[C@H](NC(=S)Nc1cccc(C(=O)O)c1)C(Cl)(Cl)Cl. The Balaban J connectivity index is 2.77. The van der Waals surface area contributed by atoms with E-state index in [9.17, 15) is 14.0 Å². The summed E-state index contributed by atoms with van der Waals surface area (Å²) < 4.78 is 10.3. The monoisotopic (exact) mass is 401 g/mol. The summed E-state index contributed by atoms with van der Waals surface area (Å²) in [6, 6.07) is 5.80. The number of nitrogens with one attached hydrogen (secondary N) is 3. The average Bonchev–Trinajstić information content (AvgIpc) is 2.45. The molecule has 0 aliphatic carbocycles. The number of carbonyl (C=O) groups excluding carboxylic acids is 1. The Bertz CT molecular complexity index is 613. The molecule has 0 spiro atoms. The van der Waals surface area contributed by atoms with Crippen LogP contribution in [0.3, 0.4) is 0 Å². The van der Waals surface area contributed by atoms with Crippen molar-refractivity contribution in [1.82, 2.24) is 10.6 Å². The van der Waals surface area contributed by atoms with Crippen LogP contribution in [0.15, 0.2) is 24.3 Å². The first-order chi connectivity index (χ1) is 10.6. The molecule has 0 unspecified atom stereocenters. The summed E-state index contributed by atoms with van der Waals surface area (Å²) in [5.74, 6) is -2.11. The van der Waals surface area contributed by atoms with Crippen LogP contribution in [0.1, 0.15) is 10.4 Å². The molecule has 1 atom stereocenters. The van der Waals surface area contributed by atoms with E-state index < -0.39 is 28.5 Å². The predicted molar refractivity (Wildman–Crippen MR) is 91.0 cm³/mol. The fourth-order valence-corrected chi connectivity index (χ4v) is 1.99. The standard InChI is InChI=1S/C12H11Cl3FN3O3S/c13-12(14,15)10(18-8(20)5-16)19-11(23)17-7-3-1-2-6(4-7)9(21)22/h1-4,10H,5H2,(H,18,20)(H,21,22)(H2,17,19,23)/t10-/m1/s1. The summed E-state index contributed by atoms with van der Waals surface area (Å²) in [7, 11) is 0. The molecule has 4 N–H and O–H groups in total. The first kappa shape index (κ1) is 19.7. The number of amides is 1. The molecular formula is C12H11Cl3FN3O3S. The summed E-state index contributed by atoms with van der Waals surface area (Å²) in [6.45, 7) is -1.29. The van der Waals surface area contributed by atoms with Gasteiger partial charge >= 0.3 is 5.97 Å². The third-order valence-corrected chi connectivity index (χ3v) is 3.27. The fourth-order valence-electron chi connectivity index (χ4n) is 1.43. The topological polar surface area (TPSA) is 90.5 Å². The van der Waals surface area contributed by atoms with Crippen LogP contribution < -0.4 is 16.0 Å². The maximum Gasteiger partial charge on any atom is 0.335 e. The van der Waals surface area contributed by atoms with Crippen molar-refractivity contribution in [3.05, 3.63) is 29.8 Å². The van der Waals surface area contributed by atoms with E-state index >= 15 is 0 Å². The average molecular weight is 403 g/mol. The molecule has 126 valence electrons. The third kappa shape index (κ3) is 6.74. The molecule has 1 aromatic rings. The number of alkyl halides is 4. The van der Waals surface area contributed by atoms with E-state index in [2.05, 4.69) is 16.0 Å². The van der Waals surface area contributed by atoms with Crippen molar-refractivity contribution in [2.75, 3.05) is 12.0 Å². The smallest absolute Gasteiger partial charge is 0.335 e. The Hall–Kier alpha value is -1.35. The number of carbonyl (C=O) groups is 2. The lowest BCUT2D eigenvalue weighted by molar-refractivity contribution is -0.122. The molecule has 0 aliphatic rings. The van der Waals surface area contributed by atoms with Gasteiger partial charge in [-0.05, 0) is 30.4 Å². The molecule has 6 nitrogen and oxygen atoms in total. The number of thiocarbonyl (C=S) groups is 1. The van der Waals surface area contributed by atoms with Crippen LogP contribution in [0.2, 0.25) is 0 Å². The molecule has 0 saturated carbocycles. The molecule has 23 heavy (non-hydrogen) atoms. The Kier molecular flexibility index (Phi) is 7.27. The van der Waals surface area contributed by atoms with E-state index in [1.807, 2.05) is 0 Å². The van der Waals surface area contributed by atoms with Crippen molar-refractivity contribution in [2.45, 2.75) is 9.96 Å². The molecule has 0 bridgehead atoms. The van der Waals surface area contributed by atoms with Gasteiger partial charge in [-0.25, -0.2) is 9.18 Å². The highest BCUT2D eigenvalue weighted by molar-refractivity contribution is 7.80. The first-order valence-electron chi connectivity index (χ1n) is 5.96. The first-order valence-corrected chi connectivity index (χ1v) is 7.50. The quantitative estimate of drug-likeness (QED) is 0.344. The van der Waals surface area contributed by atoms with Gasteiger partial charge in [-0.1, -0.05) is 40.9 Å². The van der Waals surface area contributed by atoms with E-state index in [-0.39, 0.29) is 10.7 Å². The third-order valence-electron chi connectivity index (χ3n) is 2.40. The molecule has 0 radical (unpaired) electrons. The van der Waals surface area contributed by atoms with Gasteiger partial charge in [0.25, 0.3) is 5.91 Å². The minimum atomic E-state index is -2.00. The van der Waals surface area contributed by atoms with Gasteiger partial charge in [0.1, 0.15) is 6.17 Å².